The van der Waals surface area contributed by atoms with Gasteiger partial charge in [-0.25, -0.2) is 0 Å². The monoisotopic (exact) mass is 220 g/mol. The van der Waals surface area contributed by atoms with Crippen molar-refractivity contribution in [2.75, 3.05) is 6.61 Å². The van der Waals surface area contributed by atoms with Gasteiger partial charge in [-0.1, -0.05) is 19.1 Å². The van der Waals surface area contributed by atoms with E-state index in [-0.39, 0.29) is 18.1 Å². The third-order valence-corrected chi connectivity index (χ3v) is 3.54. The first-order valence-corrected chi connectivity index (χ1v) is 5.96. The zero-order valence-electron chi connectivity index (χ0n) is 10.2. The Morgan fingerprint density at radius 1 is 1.38 bits per heavy atom. The van der Waals surface area contributed by atoms with Crippen molar-refractivity contribution in [3.63, 3.8) is 0 Å². The second-order valence-corrected chi connectivity index (χ2v) is 5.11. The second kappa shape index (κ2) is 4.10. The topological polar surface area (TPSA) is 29.5 Å². The molecule has 0 saturated heterocycles. The number of hydrogen-bond acceptors (Lipinski definition) is 2. The number of ether oxygens (including phenoxy) is 1. The lowest BCUT2D eigenvalue weighted by Gasteiger charge is -2.15. The Hall–Kier alpha value is -1.02. The van der Waals surface area contributed by atoms with E-state index in [9.17, 15) is 5.11 Å². The summed E-state index contributed by atoms with van der Waals surface area (Å²) in [5, 5.41) is 9.46. The lowest BCUT2D eigenvalue weighted by atomic mass is 9.94. The zero-order chi connectivity index (χ0) is 11.8. The lowest BCUT2D eigenvalue weighted by Crippen LogP contribution is -2.14. The van der Waals surface area contributed by atoms with E-state index in [1.165, 1.54) is 5.56 Å². The molecule has 16 heavy (non-hydrogen) atoms. The summed E-state index contributed by atoms with van der Waals surface area (Å²) >= 11 is 0. The van der Waals surface area contributed by atoms with Crippen LogP contribution in [-0.2, 0) is 5.41 Å². The number of hydrogen-bond donors (Lipinski definition) is 1. The van der Waals surface area contributed by atoms with Crippen LogP contribution >= 0.6 is 0 Å². The molecule has 0 aliphatic heterocycles. The number of benzene rings is 1. The van der Waals surface area contributed by atoms with Crippen LogP contribution in [0.3, 0.4) is 0 Å². The zero-order valence-corrected chi connectivity index (χ0v) is 10.2. The first-order valence-electron chi connectivity index (χ1n) is 5.96. The Kier molecular flexibility index (Phi) is 2.94. The first-order chi connectivity index (χ1) is 7.58. The summed E-state index contributed by atoms with van der Waals surface area (Å²) in [5.74, 6) is 1.49. The van der Waals surface area contributed by atoms with Crippen molar-refractivity contribution in [1.82, 2.24) is 0 Å². The van der Waals surface area contributed by atoms with Gasteiger partial charge in [-0.2, -0.15) is 0 Å². The molecule has 0 amide bonds. The molecule has 0 radical (unpaired) electrons. The molecule has 1 saturated carbocycles. The maximum absolute atomic E-state index is 9.46. The van der Waals surface area contributed by atoms with Crippen molar-refractivity contribution < 1.29 is 9.84 Å². The van der Waals surface area contributed by atoms with Gasteiger partial charge < -0.3 is 9.84 Å². The molecule has 1 aromatic rings. The Morgan fingerprint density at radius 3 is 2.31 bits per heavy atom. The Labute approximate surface area is 97.3 Å². The lowest BCUT2D eigenvalue weighted by molar-refractivity contribution is 0.240. The van der Waals surface area contributed by atoms with Gasteiger partial charge in [0.1, 0.15) is 5.75 Å². The molecule has 1 N–H and O–H groups in total. The maximum Gasteiger partial charge on any atom is 0.119 e. The summed E-state index contributed by atoms with van der Waals surface area (Å²) in [6.45, 7) is 6.48. The van der Waals surface area contributed by atoms with E-state index < -0.39 is 0 Å². The molecule has 1 aliphatic carbocycles. The van der Waals surface area contributed by atoms with Crippen molar-refractivity contribution in [3.8, 4) is 5.75 Å². The minimum absolute atomic E-state index is 0.0242. The van der Waals surface area contributed by atoms with E-state index in [4.69, 9.17) is 4.74 Å². The largest absolute Gasteiger partial charge is 0.491 e. The summed E-state index contributed by atoms with van der Waals surface area (Å²) in [5.41, 5.74) is 1.26. The fraction of sp³-hybridized carbons (Fsp3) is 0.571. The second-order valence-electron chi connectivity index (χ2n) is 5.11. The van der Waals surface area contributed by atoms with Gasteiger partial charge >= 0.3 is 0 Å². The van der Waals surface area contributed by atoms with E-state index >= 15 is 0 Å². The standard InChI is InChI=1S/C14H20O2/c1-10(2)16-13-6-4-12(5-7-13)14(9-15)8-11(14)3/h4-7,10-11,15H,8-9H2,1-3H3. The van der Waals surface area contributed by atoms with Crippen LogP contribution < -0.4 is 4.74 Å². The summed E-state index contributed by atoms with van der Waals surface area (Å²) < 4.78 is 5.60. The maximum atomic E-state index is 9.46. The number of aliphatic hydroxyl groups excluding tert-OH is 1. The van der Waals surface area contributed by atoms with E-state index in [0.717, 1.165) is 12.2 Å². The molecular weight excluding hydrogens is 200 g/mol. The first kappa shape index (κ1) is 11.5. The quantitative estimate of drug-likeness (QED) is 0.845. The molecule has 2 unspecified atom stereocenters. The number of aliphatic hydroxyl groups is 1. The Balaban J connectivity index is 2.14. The van der Waals surface area contributed by atoms with Crippen molar-refractivity contribution in [2.24, 2.45) is 5.92 Å². The SMILES string of the molecule is CC(C)Oc1ccc(C2(CO)CC2C)cc1. The van der Waals surface area contributed by atoms with Gasteiger partial charge in [0, 0.05) is 5.41 Å². The van der Waals surface area contributed by atoms with Crippen LogP contribution in [0.4, 0.5) is 0 Å². The molecule has 1 aliphatic rings. The van der Waals surface area contributed by atoms with E-state index in [1.807, 2.05) is 26.0 Å². The molecule has 2 heteroatoms. The summed E-state index contributed by atoms with van der Waals surface area (Å²) in [6, 6.07) is 8.16. The summed E-state index contributed by atoms with van der Waals surface area (Å²) in [7, 11) is 0. The fourth-order valence-electron chi connectivity index (χ4n) is 2.34. The van der Waals surface area contributed by atoms with Gasteiger partial charge in [0.15, 0.2) is 0 Å². The highest BCUT2D eigenvalue weighted by Gasteiger charge is 2.51. The third-order valence-electron chi connectivity index (χ3n) is 3.54. The molecule has 88 valence electrons. The molecule has 2 atom stereocenters. The van der Waals surface area contributed by atoms with Crippen LogP contribution in [0.2, 0.25) is 0 Å². The minimum atomic E-state index is 0.0242. The van der Waals surface area contributed by atoms with Crippen molar-refractivity contribution in [1.29, 1.82) is 0 Å². The van der Waals surface area contributed by atoms with Gasteiger partial charge in [0.2, 0.25) is 0 Å². The molecule has 0 bridgehead atoms. The van der Waals surface area contributed by atoms with Crippen molar-refractivity contribution >= 4 is 0 Å². The van der Waals surface area contributed by atoms with Gasteiger partial charge in [0.25, 0.3) is 0 Å². The van der Waals surface area contributed by atoms with Gasteiger partial charge in [-0.15, -0.1) is 0 Å². The van der Waals surface area contributed by atoms with E-state index in [2.05, 4.69) is 19.1 Å². The summed E-state index contributed by atoms with van der Waals surface area (Å²) in [4.78, 5) is 0. The molecule has 1 fully saturated rings. The smallest absolute Gasteiger partial charge is 0.119 e. The van der Waals surface area contributed by atoms with E-state index in [0.29, 0.717) is 5.92 Å². The number of rotatable bonds is 4. The van der Waals surface area contributed by atoms with Gasteiger partial charge in [-0.05, 0) is 43.9 Å². The van der Waals surface area contributed by atoms with Crippen LogP contribution in [0.15, 0.2) is 24.3 Å². The molecule has 0 spiro atoms. The minimum Gasteiger partial charge on any atom is -0.491 e. The van der Waals surface area contributed by atoms with Gasteiger partial charge in [0.05, 0.1) is 12.7 Å². The van der Waals surface area contributed by atoms with Crippen LogP contribution in [0, 0.1) is 5.92 Å². The Bertz CT molecular complexity index is 352. The molecular formula is C14H20O2. The fourth-order valence-corrected chi connectivity index (χ4v) is 2.34. The van der Waals surface area contributed by atoms with Crippen LogP contribution in [-0.4, -0.2) is 17.8 Å². The normalized spacial score (nSPS) is 28.2. The summed E-state index contributed by atoms with van der Waals surface area (Å²) in [6.07, 6.45) is 1.30. The van der Waals surface area contributed by atoms with Crippen LogP contribution in [0.25, 0.3) is 0 Å². The molecule has 2 rings (SSSR count). The Morgan fingerprint density at radius 2 is 1.94 bits per heavy atom. The average molecular weight is 220 g/mol. The van der Waals surface area contributed by atoms with Crippen LogP contribution in [0.1, 0.15) is 32.8 Å². The predicted molar refractivity (Wildman–Crippen MR) is 64.8 cm³/mol. The highest BCUT2D eigenvalue weighted by atomic mass is 16.5. The van der Waals surface area contributed by atoms with Crippen LogP contribution in [0.5, 0.6) is 5.75 Å². The molecule has 0 aromatic heterocycles. The van der Waals surface area contributed by atoms with Crippen molar-refractivity contribution in [2.45, 2.75) is 38.7 Å². The van der Waals surface area contributed by atoms with Gasteiger partial charge in [-0.3, -0.25) is 0 Å². The highest BCUT2D eigenvalue weighted by molar-refractivity contribution is 5.37. The van der Waals surface area contributed by atoms with Crippen molar-refractivity contribution in [3.05, 3.63) is 29.8 Å². The third kappa shape index (κ3) is 1.94. The molecule has 2 nitrogen and oxygen atoms in total. The highest BCUT2D eigenvalue weighted by Crippen LogP contribution is 2.53. The van der Waals surface area contributed by atoms with E-state index in [1.54, 1.807) is 0 Å². The molecule has 0 heterocycles. The molecule has 1 aromatic carbocycles. The average Bonchev–Trinajstić information content (AvgIpc) is 2.91. The predicted octanol–water partition coefficient (Wildman–Crippen LogP) is 2.74.